The van der Waals surface area contributed by atoms with Gasteiger partial charge in [0.1, 0.15) is 0 Å². The number of likely N-dealkylation sites (tertiary alicyclic amines) is 1. The van der Waals surface area contributed by atoms with Gasteiger partial charge in [0.05, 0.1) is 12.3 Å². The molecule has 1 aromatic carbocycles. The molecule has 1 fully saturated rings. The number of hydrogen-bond donors (Lipinski definition) is 1. The zero-order chi connectivity index (χ0) is 17.6. The summed E-state index contributed by atoms with van der Waals surface area (Å²) in [6.45, 7) is 1.08. The normalized spacial score (nSPS) is 16.9. The van der Waals surface area contributed by atoms with Crippen LogP contribution in [0.25, 0.3) is 0 Å². The second-order valence-electron chi connectivity index (χ2n) is 6.11. The average Bonchev–Trinajstić information content (AvgIpc) is 3.26. The number of amides is 2. The predicted molar refractivity (Wildman–Crippen MR) is 90.9 cm³/mol. The minimum Gasteiger partial charge on any atom is -0.461 e. The fourth-order valence-corrected chi connectivity index (χ4v) is 2.97. The molecule has 130 valence electrons. The van der Waals surface area contributed by atoms with Gasteiger partial charge in [-0.1, -0.05) is 30.3 Å². The lowest BCUT2D eigenvalue weighted by atomic mass is 10.1. The molecule has 6 nitrogen and oxygen atoms in total. The predicted octanol–water partition coefficient (Wildman–Crippen LogP) is 1.81. The van der Waals surface area contributed by atoms with Crippen LogP contribution >= 0.6 is 0 Å². The van der Waals surface area contributed by atoms with E-state index in [1.165, 1.54) is 17.9 Å². The molecular formula is C19H20N2O4. The summed E-state index contributed by atoms with van der Waals surface area (Å²) >= 11 is 0. The lowest BCUT2D eigenvalue weighted by Gasteiger charge is -2.16. The van der Waals surface area contributed by atoms with Crippen molar-refractivity contribution in [3.05, 3.63) is 60.1 Å². The molecule has 0 spiro atoms. The number of hydrogen-bond acceptors (Lipinski definition) is 4. The Morgan fingerprint density at radius 1 is 1.16 bits per heavy atom. The van der Waals surface area contributed by atoms with Gasteiger partial charge in [-0.3, -0.25) is 14.4 Å². The van der Waals surface area contributed by atoms with E-state index in [-0.39, 0.29) is 24.1 Å². The summed E-state index contributed by atoms with van der Waals surface area (Å²) in [5.74, 6) is -1.45. The van der Waals surface area contributed by atoms with Gasteiger partial charge >= 0.3 is 0 Å². The van der Waals surface area contributed by atoms with E-state index in [9.17, 15) is 14.4 Å². The molecule has 2 heterocycles. The molecule has 0 radical (unpaired) electrons. The summed E-state index contributed by atoms with van der Waals surface area (Å²) in [5.41, 5.74) is 1.24. The fraction of sp³-hybridized carbons (Fsp3) is 0.316. The van der Waals surface area contributed by atoms with E-state index in [1.54, 1.807) is 11.0 Å². The van der Waals surface area contributed by atoms with Crippen LogP contribution in [0.3, 0.4) is 0 Å². The topological polar surface area (TPSA) is 79.6 Å². The number of carbonyl (C=O) groups is 3. The molecule has 2 amide bonds. The zero-order valence-electron chi connectivity index (χ0n) is 13.8. The molecule has 1 unspecified atom stereocenters. The summed E-state index contributed by atoms with van der Waals surface area (Å²) < 4.78 is 4.93. The molecule has 1 saturated heterocycles. The van der Waals surface area contributed by atoms with Crippen molar-refractivity contribution in [2.75, 3.05) is 13.1 Å². The molecule has 2 aromatic rings. The van der Waals surface area contributed by atoms with Crippen LogP contribution < -0.4 is 5.32 Å². The summed E-state index contributed by atoms with van der Waals surface area (Å²) in [6.07, 6.45) is 3.33. The van der Waals surface area contributed by atoms with Gasteiger partial charge in [-0.15, -0.1) is 0 Å². The van der Waals surface area contributed by atoms with Crippen molar-refractivity contribution >= 4 is 17.6 Å². The van der Waals surface area contributed by atoms with E-state index in [1.807, 2.05) is 18.2 Å². The van der Waals surface area contributed by atoms with Crippen LogP contribution in [0.1, 0.15) is 29.0 Å². The minimum atomic E-state index is -0.737. The largest absolute Gasteiger partial charge is 0.461 e. The first-order valence-corrected chi connectivity index (χ1v) is 8.34. The van der Waals surface area contributed by atoms with Crippen LogP contribution in [0.5, 0.6) is 0 Å². The van der Waals surface area contributed by atoms with Crippen molar-refractivity contribution in [1.29, 1.82) is 0 Å². The second kappa shape index (κ2) is 7.79. The molecule has 1 atom stereocenters. The number of ketones is 1. The molecular weight excluding hydrogens is 320 g/mol. The maximum absolute atomic E-state index is 12.1. The van der Waals surface area contributed by atoms with E-state index in [2.05, 4.69) is 17.4 Å². The smallest absolute Gasteiger partial charge is 0.296 e. The van der Waals surface area contributed by atoms with Crippen molar-refractivity contribution in [2.45, 2.75) is 25.3 Å². The number of Topliss-reactive ketones (excluding diaryl/α,β-unsaturated/α-hetero) is 1. The van der Waals surface area contributed by atoms with Crippen LogP contribution in [-0.2, 0) is 16.0 Å². The SMILES string of the molecule is O=C(NC1CC(=O)N(CCCc2ccccc2)C1)C(=O)c1ccco1. The van der Waals surface area contributed by atoms with Gasteiger partial charge in [0.15, 0.2) is 5.76 Å². The van der Waals surface area contributed by atoms with Crippen molar-refractivity contribution in [1.82, 2.24) is 10.2 Å². The van der Waals surface area contributed by atoms with E-state index < -0.39 is 11.7 Å². The maximum Gasteiger partial charge on any atom is 0.296 e. The third kappa shape index (κ3) is 4.35. The first-order chi connectivity index (χ1) is 12.1. The van der Waals surface area contributed by atoms with Crippen LogP contribution in [0.15, 0.2) is 53.1 Å². The van der Waals surface area contributed by atoms with E-state index in [4.69, 9.17) is 4.42 Å². The fourth-order valence-electron chi connectivity index (χ4n) is 2.97. The number of nitrogens with zero attached hydrogens (tertiary/aromatic N) is 1. The second-order valence-corrected chi connectivity index (χ2v) is 6.11. The highest BCUT2D eigenvalue weighted by Crippen LogP contribution is 2.13. The molecule has 1 aliphatic rings. The minimum absolute atomic E-state index is 0.00143. The summed E-state index contributed by atoms with van der Waals surface area (Å²) in [5, 5.41) is 2.62. The summed E-state index contributed by atoms with van der Waals surface area (Å²) in [7, 11) is 0. The Morgan fingerprint density at radius 2 is 1.96 bits per heavy atom. The Kier molecular flexibility index (Phi) is 5.28. The van der Waals surface area contributed by atoms with E-state index in [0.717, 1.165) is 12.8 Å². The first kappa shape index (κ1) is 17.0. The first-order valence-electron chi connectivity index (χ1n) is 8.34. The zero-order valence-corrected chi connectivity index (χ0v) is 13.8. The number of nitrogens with one attached hydrogen (secondary N) is 1. The van der Waals surface area contributed by atoms with Crippen LogP contribution in [0, 0.1) is 0 Å². The van der Waals surface area contributed by atoms with Gasteiger partial charge in [0.2, 0.25) is 5.91 Å². The van der Waals surface area contributed by atoms with Gasteiger partial charge in [-0.05, 0) is 30.5 Å². The van der Waals surface area contributed by atoms with Crippen LogP contribution in [0.4, 0.5) is 0 Å². The molecule has 25 heavy (non-hydrogen) atoms. The monoisotopic (exact) mass is 340 g/mol. The molecule has 1 aromatic heterocycles. The van der Waals surface area contributed by atoms with Gasteiger partial charge in [-0.25, -0.2) is 0 Å². The summed E-state index contributed by atoms with van der Waals surface area (Å²) in [6, 6.07) is 12.8. The number of furan rings is 1. The molecule has 1 N–H and O–H groups in total. The Morgan fingerprint density at radius 3 is 2.68 bits per heavy atom. The van der Waals surface area contributed by atoms with Crippen LogP contribution in [-0.4, -0.2) is 41.6 Å². The molecule has 0 saturated carbocycles. The van der Waals surface area contributed by atoms with E-state index >= 15 is 0 Å². The molecule has 0 bridgehead atoms. The Hall–Kier alpha value is -2.89. The number of rotatable bonds is 7. The lowest BCUT2D eigenvalue weighted by molar-refractivity contribution is -0.127. The highest BCUT2D eigenvalue weighted by Gasteiger charge is 2.32. The third-order valence-corrected chi connectivity index (χ3v) is 4.24. The van der Waals surface area contributed by atoms with Gasteiger partial charge < -0.3 is 14.6 Å². The Bertz CT molecular complexity index is 740. The highest BCUT2D eigenvalue weighted by molar-refractivity contribution is 6.42. The number of carbonyl (C=O) groups excluding carboxylic acids is 3. The van der Waals surface area contributed by atoms with E-state index in [0.29, 0.717) is 13.1 Å². The number of benzene rings is 1. The molecule has 6 heteroatoms. The standard InChI is InChI=1S/C19H20N2O4/c22-17-12-15(20-19(24)18(23)16-9-5-11-25-16)13-21(17)10-4-8-14-6-2-1-3-7-14/h1-3,5-7,9,11,15H,4,8,10,12-13H2,(H,20,24). The van der Waals surface area contributed by atoms with Crippen molar-refractivity contribution in [3.63, 3.8) is 0 Å². The van der Waals surface area contributed by atoms with Gasteiger partial charge in [0, 0.05) is 19.5 Å². The number of aryl methyl sites for hydroxylation is 1. The van der Waals surface area contributed by atoms with Gasteiger partial charge in [-0.2, -0.15) is 0 Å². The average molecular weight is 340 g/mol. The Labute approximate surface area is 145 Å². The lowest BCUT2D eigenvalue weighted by Crippen LogP contribution is -2.40. The van der Waals surface area contributed by atoms with Gasteiger partial charge in [0.25, 0.3) is 11.7 Å². The van der Waals surface area contributed by atoms with Crippen LogP contribution in [0.2, 0.25) is 0 Å². The highest BCUT2D eigenvalue weighted by atomic mass is 16.3. The molecule has 3 rings (SSSR count). The molecule has 0 aliphatic carbocycles. The Balaban J connectivity index is 1.45. The third-order valence-electron chi connectivity index (χ3n) is 4.24. The maximum atomic E-state index is 12.1. The summed E-state index contributed by atoms with van der Waals surface area (Å²) in [4.78, 5) is 37.7. The quantitative estimate of drug-likeness (QED) is 0.616. The van der Waals surface area contributed by atoms with Crippen molar-refractivity contribution < 1.29 is 18.8 Å². The van der Waals surface area contributed by atoms with Crippen molar-refractivity contribution in [3.8, 4) is 0 Å². The molecule has 1 aliphatic heterocycles. The van der Waals surface area contributed by atoms with Crippen molar-refractivity contribution in [2.24, 2.45) is 0 Å².